The van der Waals surface area contributed by atoms with Gasteiger partial charge in [-0.3, -0.25) is 9.59 Å². The Balaban J connectivity index is 1.80. The molecule has 0 radical (unpaired) electrons. The number of nitrogens with one attached hydrogen (secondary N) is 1. The molecule has 2 amide bonds. The lowest BCUT2D eigenvalue weighted by Gasteiger charge is -2.24. The summed E-state index contributed by atoms with van der Waals surface area (Å²) in [5, 5.41) is 4.97. The van der Waals surface area contributed by atoms with E-state index in [1.165, 1.54) is 0 Å². The molecule has 0 spiro atoms. The second-order valence-corrected chi connectivity index (χ2v) is 6.12. The molecular formula is C19H22N2O3. The number of ether oxygens (including phenoxy) is 1. The molecule has 1 fully saturated rings. The lowest BCUT2D eigenvalue weighted by atomic mass is 9.96. The molecule has 24 heavy (non-hydrogen) atoms. The number of benzene rings is 2. The SMILES string of the molecule is COc1ccc2cc([C@H](C)C(=O)N3CCNC(=O)CC3)ccc2c1. The summed E-state index contributed by atoms with van der Waals surface area (Å²) in [5.41, 5.74) is 0.987. The predicted molar refractivity (Wildman–Crippen MR) is 93.1 cm³/mol. The Labute approximate surface area is 141 Å². The quantitative estimate of drug-likeness (QED) is 0.941. The number of carbonyl (C=O) groups excluding carboxylic acids is 2. The van der Waals surface area contributed by atoms with Crippen LogP contribution in [-0.2, 0) is 9.59 Å². The maximum absolute atomic E-state index is 12.8. The van der Waals surface area contributed by atoms with Crippen LogP contribution in [0.15, 0.2) is 36.4 Å². The van der Waals surface area contributed by atoms with Crippen molar-refractivity contribution in [1.82, 2.24) is 10.2 Å². The molecule has 0 aromatic heterocycles. The highest BCUT2D eigenvalue weighted by Crippen LogP contribution is 2.26. The van der Waals surface area contributed by atoms with Crippen molar-refractivity contribution in [2.24, 2.45) is 0 Å². The van der Waals surface area contributed by atoms with Crippen LogP contribution < -0.4 is 10.1 Å². The average molecular weight is 326 g/mol. The summed E-state index contributed by atoms with van der Waals surface area (Å²) < 4.78 is 5.24. The van der Waals surface area contributed by atoms with Crippen LogP contribution in [0.5, 0.6) is 5.75 Å². The first-order valence-corrected chi connectivity index (χ1v) is 8.21. The summed E-state index contributed by atoms with van der Waals surface area (Å²) in [6.45, 7) is 3.50. The highest BCUT2D eigenvalue weighted by Gasteiger charge is 2.24. The first kappa shape index (κ1) is 16.3. The third kappa shape index (κ3) is 3.35. The van der Waals surface area contributed by atoms with Crippen molar-refractivity contribution < 1.29 is 14.3 Å². The zero-order valence-electron chi connectivity index (χ0n) is 14.0. The predicted octanol–water partition coefficient (Wildman–Crippen LogP) is 2.30. The summed E-state index contributed by atoms with van der Waals surface area (Å²) >= 11 is 0. The van der Waals surface area contributed by atoms with Gasteiger partial charge in [-0.1, -0.05) is 24.3 Å². The van der Waals surface area contributed by atoms with E-state index in [1.54, 1.807) is 12.0 Å². The molecule has 2 aromatic carbocycles. The van der Waals surface area contributed by atoms with Gasteiger partial charge in [-0.25, -0.2) is 0 Å². The lowest BCUT2D eigenvalue weighted by Crippen LogP contribution is -2.36. The number of hydrogen-bond acceptors (Lipinski definition) is 3. The molecule has 1 heterocycles. The van der Waals surface area contributed by atoms with E-state index >= 15 is 0 Å². The van der Waals surface area contributed by atoms with Gasteiger partial charge >= 0.3 is 0 Å². The second kappa shape index (κ2) is 6.91. The van der Waals surface area contributed by atoms with Crippen molar-refractivity contribution in [3.8, 4) is 5.75 Å². The first-order valence-electron chi connectivity index (χ1n) is 8.21. The fourth-order valence-corrected chi connectivity index (χ4v) is 3.04. The Hall–Kier alpha value is -2.56. The number of amides is 2. The van der Waals surface area contributed by atoms with Crippen LogP contribution in [0.4, 0.5) is 0 Å². The van der Waals surface area contributed by atoms with Gasteiger partial charge < -0.3 is 15.0 Å². The summed E-state index contributed by atoms with van der Waals surface area (Å²) in [5.74, 6) is 0.669. The van der Waals surface area contributed by atoms with Crippen LogP contribution in [0.25, 0.3) is 10.8 Å². The molecule has 0 bridgehead atoms. The molecule has 1 N–H and O–H groups in total. The number of nitrogens with zero attached hydrogens (tertiary/aromatic N) is 1. The highest BCUT2D eigenvalue weighted by atomic mass is 16.5. The molecule has 1 saturated heterocycles. The van der Waals surface area contributed by atoms with E-state index in [1.807, 2.05) is 37.3 Å². The van der Waals surface area contributed by atoms with Gasteiger partial charge in [0.25, 0.3) is 0 Å². The summed E-state index contributed by atoms with van der Waals surface area (Å²) in [6, 6.07) is 12.0. The summed E-state index contributed by atoms with van der Waals surface area (Å²) in [6.07, 6.45) is 0.371. The maximum Gasteiger partial charge on any atom is 0.229 e. The number of hydrogen-bond donors (Lipinski definition) is 1. The first-order chi connectivity index (χ1) is 11.6. The maximum atomic E-state index is 12.8. The van der Waals surface area contributed by atoms with Gasteiger partial charge in [-0.05, 0) is 35.4 Å². The van der Waals surface area contributed by atoms with Gasteiger partial charge in [0, 0.05) is 26.1 Å². The fraction of sp³-hybridized carbons (Fsp3) is 0.368. The monoisotopic (exact) mass is 326 g/mol. The van der Waals surface area contributed by atoms with Gasteiger partial charge in [0.05, 0.1) is 13.0 Å². The van der Waals surface area contributed by atoms with E-state index in [4.69, 9.17) is 4.74 Å². The van der Waals surface area contributed by atoms with Crippen LogP contribution in [0.3, 0.4) is 0 Å². The van der Waals surface area contributed by atoms with Crippen molar-refractivity contribution in [2.75, 3.05) is 26.7 Å². The molecule has 126 valence electrons. The molecule has 0 aliphatic carbocycles. The Bertz CT molecular complexity index is 772. The van der Waals surface area contributed by atoms with Crippen molar-refractivity contribution in [3.05, 3.63) is 42.0 Å². The molecule has 5 nitrogen and oxygen atoms in total. The number of fused-ring (bicyclic) bond motifs is 1. The van der Waals surface area contributed by atoms with Gasteiger partial charge in [0.2, 0.25) is 11.8 Å². The highest BCUT2D eigenvalue weighted by molar-refractivity contribution is 5.89. The van der Waals surface area contributed by atoms with Crippen LogP contribution in [0.1, 0.15) is 24.8 Å². The van der Waals surface area contributed by atoms with E-state index in [2.05, 4.69) is 11.4 Å². The lowest BCUT2D eigenvalue weighted by molar-refractivity contribution is -0.132. The van der Waals surface area contributed by atoms with Gasteiger partial charge in [0.15, 0.2) is 0 Å². The molecule has 0 saturated carbocycles. The van der Waals surface area contributed by atoms with Crippen LogP contribution in [0, 0.1) is 0 Å². The molecule has 1 atom stereocenters. The second-order valence-electron chi connectivity index (χ2n) is 6.12. The third-order valence-corrected chi connectivity index (χ3v) is 4.57. The van der Waals surface area contributed by atoms with Crippen molar-refractivity contribution >= 4 is 22.6 Å². The van der Waals surface area contributed by atoms with Crippen molar-refractivity contribution in [3.63, 3.8) is 0 Å². The minimum absolute atomic E-state index is 0.0117. The van der Waals surface area contributed by atoms with E-state index in [0.29, 0.717) is 26.1 Å². The summed E-state index contributed by atoms with van der Waals surface area (Å²) in [4.78, 5) is 26.0. The van der Waals surface area contributed by atoms with Crippen molar-refractivity contribution in [2.45, 2.75) is 19.3 Å². The molecule has 3 rings (SSSR count). The molecule has 5 heteroatoms. The largest absolute Gasteiger partial charge is 0.497 e. The third-order valence-electron chi connectivity index (χ3n) is 4.57. The van der Waals surface area contributed by atoms with Crippen LogP contribution >= 0.6 is 0 Å². The zero-order chi connectivity index (χ0) is 17.1. The van der Waals surface area contributed by atoms with Gasteiger partial charge in [-0.2, -0.15) is 0 Å². The van der Waals surface area contributed by atoms with E-state index in [0.717, 1.165) is 22.1 Å². The zero-order valence-corrected chi connectivity index (χ0v) is 14.0. The van der Waals surface area contributed by atoms with E-state index in [-0.39, 0.29) is 17.7 Å². The Morgan fingerprint density at radius 2 is 1.92 bits per heavy atom. The van der Waals surface area contributed by atoms with Gasteiger partial charge in [-0.15, -0.1) is 0 Å². The molecular weight excluding hydrogens is 304 g/mol. The van der Waals surface area contributed by atoms with E-state index in [9.17, 15) is 9.59 Å². The fourth-order valence-electron chi connectivity index (χ4n) is 3.04. The molecule has 1 aliphatic heterocycles. The van der Waals surface area contributed by atoms with Gasteiger partial charge in [0.1, 0.15) is 5.75 Å². The number of methoxy groups -OCH3 is 1. The Kier molecular flexibility index (Phi) is 4.69. The number of carbonyl (C=O) groups is 2. The summed E-state index contributed by atoms with van der Waals surface area (Å²) in [7, 11) is 1.65. The van der Waals surface area contributed by atoms with Crippen molar-refractivity contribution in [1.29, 1.82) is 0 Å². The standard InChI is InChI=1S/C19H22N2O3/c1-13(19(23)21-9-7-18(22)20-8-10-21)14-3-4-16-12-17(24-2)6-5-15(16)11-14/h3-6,11-13H,7-10H2,1-2H3,(H,20,22)/t13-/m0/s1. The van der Waals surface area contributed by atoms with Crippen LogP contribution in [0.2, 0.25) is 0 Å². The normalized spacial score (nSPS) is 16.4. The molecule has 2 aromatic rings. The topological polar surface area (TPSA) is 58.6 Å². The van der Waals surface area contributed by atoms with E-state index < -0.39 is 0 Å². The molecule has 1 aliphatic rings. The Morgan fingerprint density at radius 1 is 1.17 bits per heavy atom. The number of rotatable bonds is 3. The average Bonchev–Trinajstić information content (AvgIpc) is 2.84. The smallest absolute Gasteiger partial charge is 0.229 e. The Morgan fingerprint density at radius 3 is 2.71 bits per heavy atom. The minimum atomic E-state index is -0.232. The molecule has 0 unspecified atom stereocenters. The van der Waals surface area contributed by atoms with Crippen LogP contribution in [-0.4, -0.2) is 43.5 Å². The minimum Gasteiger partial charge on any atom is -0.497 e.